The van der Waals surface area contributed by atoms with E-state index in [1.807, 2.05) is 6.92 Å². The standard InChI is InChI=1S/C11H20N4O/c1-3-4-9(2)11(16)13-5-6-15-8-10(12)7-14-15/h7-9H,3-6,12H2,1-2H3,(H,13,16). The summed E-state index contributed by atoms with van der Waals surface area (Å²) in [6.45, 7) is 5.27. The summed E-state index contributed by atoms with van der Waals surface area (Å²) in [5.41, 5.74) is 6.17. The van der Waals surface area contributed by atoms with Gasteiger partial charge in [0.1, 0.15) is 0 Å². The molecule has 0 aromatic carbocycles. The van der Waals surface area contributed by atoms with Crippen LogP contribution in [0.1, 0.15) is 26.7 Å². The minimum absolute atomic E-state index is 0.0905. The number of amides is 1. The normalized spacial score (nSPS) is 12.4. The Morgan fingerprint density at radius 1 is 1.69 bits per heavy atom. The molecule has 0 fully saturated rings. The van der Waals surface area contributed by atoms with Crippen LogP contribution in [0.25, 0.3) is 0 Å². The predicted octanol–water partition coefficient (Wildman–Crippen LogP) is 1.02. The molecule has 16 heavy (non-hydrogen) atoms. The van der Waals surface area contributed by atoms with Gasteiger partial charge in [-0.2, -0.15) is 5.10 Å². The Kier molecular flexibility index (Phi) is 4.82. The lowest BCUT2D eigenvalue weighted by Crippen LogP contribution is -2.31. The molecule has 0 aliphatic rings. The average Bonchev–Trinajstić information content (AvgIpc) is 2.64. The molecular weight excluding hydrogens is 204 g/mol. The first-order valence-electron chi connectivity index (χ1n) is 5.69. The molecule has 1 aromatic rings. The van der Waals surface area contributed by atoms with Crippen LogP contribution < -0.4 is 11.1 Å². The molecular formula is C11H20N4O. The van der Waals surface area contributed by atoms with Gasteiger partial charge in [-0.15, -0.1) is 0 Å². The van der Waals surface area contributed by atoms with Gasteiger partial charge in [0.15, 0.2) is 0 Å². The van der Waals surface area contributed by atoms with Crippen LogP contribution in [0.4, 0.5) is 5.69 Å². The molecule has 0 aliphatic carbocycles. The lowest BCUT2D eigenvalue weighted by Gasteiger charge is -2.10. The number of nitrogens with zero attached hydrogens (tertiary/aromatic N) is 2. The van der Waals surface area contributed by atoms with E-state index in [9.17, 15) is 4.79 Å². The molecule has 1 unspecified atom stereocenters. The molecule has 5 nitrogen and oxygen atoms in total. The minimum Gasteiger partial charge on any atom is -0.396 e. The van der Waals surface area contributed by atoms with Crippen LogP contribution in [-0.4, -0.2) is 22.2 Å². The molecule has 1 rings (SSSR count). The summed E-state index contributed by atoms with van der Waals surface area (Å²) in [4.78, 5) is 11.6. The number of rotatable bonds is 6. The van der Waals surface area contributed by atoms with Gasteiger partial charge in [0.05, 0.1) is 18.4 Å². The van der Waals surface area contributed by atoms with E-state index in [-0.39, 0.29) is 11.8 Å². The second-order valence-electron chi connectivity index (χ2n) is 4.02. The van der Waals surface area contributed by atoms with Crippen LogP contribution in [-0.2, 0) is 11.3 Å². The molecule has 5 heteroatoms. The molecule has 0 radical (unpaired) electrons. The highest BCUT2D eigenvalue weighted by atomic mass is 16.1. The lowest BCUT2D eigenvalue weighted by atomic mass is 10.1. The molecule has 0 spiro atoms. The number of carbonyl (C=O) groups excluding carboxylic acids is 1. The van der Waals surface area contributed by atoms with Crippen molar-refractivity contribution in [2.45, 2.75) is 33.2 Å². The zero-order chi connectivity index (χ0) is 12.0. The van der Waals surface area contributed by atoms with E-state index in [1.165, 1.54) is 0 Å². The van der Waals surface area contributed by atoms with Crippen molar-refractivity contribution in [1.82, 2.24) is 15.1 Å². The van der Waals surface area contributed by atoms with Gasteiger partial charge in [-0.25, -0.2) is 0 Å². The number of carbonyl (C=O) groups is 1. The number of anilines is 1. The number of aromatic nitrogens is 2. The van der Waals surface area contributed by atoms with Crippen molar-refractivity contribution in [2.75, 3.05) is 12.3 Å². The van der Waals surface area contributed by atoms with E-state index in [0.29, 0.717) is 18.8 Å². The predicted molar refractivity (Wildman–Crippen MR) is 63.7 cm³/mol. The summed E-state index contributed by atoms with van der Waals surface area (Å²) in [6.07, 6.45) is 5.31. The van der Waals surface area contributed by atoms with E-state index in [4.69, 9.17) is 5.73 Å². The number of nitrogens with two attached hydrogens (primary N) is 1. The van der Waals surface area contributed by atoms with Crippen LogP contribution >= 0.6 is 0 Å². The van der Waals surface area contributed by atoms with Crippen LogP contribution in [0.5, 0.6) is 0 Å². The Hall–Kier alpha value is -1.52. The van der Waals surface area contributed by atoms with Crippen molar-refractivity contribution >= 4 is 11.6 Å². The van der Waals surface area contributed by atoms with Crippen molar-refractivity contribution in [3.63, 3.8) is 0 Å². The van der Waals surface area contributed by atoms with Crippen LogP contribution in [0.15, 0.2) is 12.4 Å². The molecule has 1 atom stereocenters. The monoisotopic (exact) mass is 224 g/mol. The smallest absolute Gasteiger partial charge is 0.222 e. The van der Waals surface area contributed by atoms with Gasteiger partial charge in [-0.05, 0) is 6.42 Å². The summed E-state index contributed by atoms with van der Waals surface area (Å²) in [7, 11) is 0. The maximum absolute atomic E-state index is 11.6. The molecule has 90 valence electrons. The Balaban J connectivity index is 2.22. The maximum Gasteiger partial charge on any atom is 0.222 e. The van der Waals surface area contributed by atoms with Gasteiger partial charge in [-0.1, -0.05) is 20.3 Å². The largest absolute Gasteiger partial charge is 0.396 e. The number of hydrogen-bond acceptors (Lipinski definition) is 3. The number of nitrogen functional groups attached to an aromatic ring is 1. The molecule has 1 aromatic heterocycles. The zero-order valence-electron chi connectivity index (χ0n) is 9.94. The highest BCUT2D eigenvalue weighted by molar-refractivity contribution is 5.78. The van der Waals surface area contributed by atoms with E-state index in [2.05, 4.69) is 17.3 Å². The van der Waals surface area contributed by atoms with Gasteiger partial charge >= 0.3 is 0 Å². The third-order valence-corrected chi connectivity index (χ3v) is 2.46. The fourth-order valence-corrected chi connectivity index (χ4v) is 1.53. The van der Waals surface area contributed by atoms with Gasteiger partial charge < -0.3 is 11.1 Å². The topological polar surface area (TPSA) is 72.9 Å². The van der Waals surface area contributed by atoms with Crippen LogP contribution in [0, 0.1) is 5.92 Å². The van der Waals surface area contributed by atoms with Crippen molar-refractivity contribution in [2.24, 2.45) is 5.92 Å². The maximum atomic E-state index is 11.6. The van der Waals surface area contributed by atoms with Gasteiger partial charge in [0.25, 0.3) is 0 Å². The molecule has 0 saturated carbocycles. The Morgan fingerprint density at radius 2 is 2.44 bits per heavy atom. The van der Waals surface area contributed by atoms with Gasteiger partial charge in [0.2, 0.25) is 5.91 Å². The molecule has 0 bridgehead atoms. The van der Waals surface area contributed by atoms with Crippen molar-refractivity contribution in [1.29, 1.82) is 0 Å². The minimum atomic E-state index is 0.0905. The average molecular weight is 224 g/mol. The molecule has 3 N–H and O–H groups in total. The second kappa shape index (κ2) is 6.15. The van der Waals surface area contributed by atoms with Crippen molar-refractivity contribution in [3.05, 3.63) is 12.4 Å². The summed E-state index contributed by atoms with van der Waals surface area (Å²) in [6, 6.07) is 0. The second-order valence-corrected chi connectivity index (χ2v) is 4.02. The molecule has 1 amide bonds. The van der Waals surface area contributed by atoms with Crippen molar-refractivity contribution in [3.8, 4) is 0 Å². The molecule has 0 saturated heterocycles. The summed E-state index contributed by atoms with van der Waals surface area (Å²) in [5, 5.41) is 6.92. The summed E-state index contributed by atoms with van der Waals surface area (Å²) >= 11 is 0. The van der Waals surface area contributed by atoms with E-state index < -0.39 is 0 Å². The highest BCUT2D eigenvalue weighted by Gasteiger charge is 2.10. The molecule has 1 heterocycles. The van der Waals surface area contributed by atoms with E-state index in [1.54, 1.807) is 17.1 Å². The highest BCUT2D eigenvalue weighted by Crippen LogP contribution is 2.04. The first-order chi connectivity index (χ1) is 7.63. The Labute approximate surface area is 96.0 Å². The van der Waals surface area contributed by atoms with E-state index >= 15 is 0 Å². The fourth-order valence-electron chi connectivity index (χ4n) is 1.53. The zero-order valence-corrected chi connectivity index (χ0v) is 9.94. The lowest BCUT2D eigenvalue weighted by molar-refractivity contribution is -0.124. The van der Waals surface area contributed by atoms with Crippen molar-refractivity contribution < 1.29 is 4.79 Å². The number of hydrogen-bond donors (Lipinski definition) is 2. The molecule has 0 aliphatic heterocycles. The summed E-state index contributed by atoms with van der Waals surface area (Å²) < 4.78 is 1.72. The Morgan fingerprint density at radius 3 is 3.00 bits per heavy atom. The van der Waals surface area contributed by atoms with Crippen LogP contribution in [0.3, 0.4) is 0 Å². The third kappa shape index (κ3) is 3.92. The third-order valence-electron chi connectivity index (χ3n) is 2.46. The Bertz CT molecular complexity index is 334. The SMILES string of the molecule is CCCC(C)C(=O)NCCn1cc(N)cn1. The van der Waals surface area contributed by atoms with Crippen LogP contribution in [0.2, 0.25) is 0 Å². The quantitative estimate of drug-likeness (QED) is 0.757. The fraction of sp³-hybridized carbons (Fsp3) is 0.636. The first-order valence-corrected chi connectivity index (χ1v) is 5.69. The first kappa shape index (κ1) is 12.5. The summed E-state index contributed by atoms with van der Waals surface area (Å²) in [5.74, 6) is 0.203. The number of nitrogens with one attached hydrogen (secondary N) is 1. The van der Waals surface area contributed by atoms with Gasteiger partial charge in [-0.3, -0.25) is 9.48 Å². The van der Waals surface area contributed by atoms with E-state index in [0.717, 1.165) is 12.8 Å². The van der Waals surface area contributed by atoms with Gasteiger partial charge in [0, 0.05) is 18.7 Å².